The number of aromatic nitrogens is 2. The van der Waals surface area contributed by atoms with Crippen molar-refractivity contribution in [2.45, 2.75) is 50.9 Å². The first-order valence-corrected chi connectivity index (χ1v) is 9.98. The molecule has 6 nitrogen and oxygen atoms in total. The number of ether oxygens (including phenoxy) is 1. The van der Waals surface area contributed by atoms with Gasteiger partial charge in [0, 0.05) is 37.9 Å². The molecule has 1 aliphatic heterocycles. The number of aryl methyl sites for hydroxylation is 1. The summed E-state index contributed by atoms with van der Waals surface area (Å²) in [6.45, 7) is 4.40. The van der Waals surface area contributed by atoms with Crippen molar-refractivity contribution in [3.05, 3.63) is 53.9 Å². The predicted octanol–water partition coefficient (Wildman–Crippen LogP) is 2.59. The number of nitrogens with zero attached hydrogens (tertiary/aromatic N) is 2. The summed E-state index contributed by atoms with van der Waals surface area (Å²) in [5.41, 5.74) is 2.13. The van der Waals surface area contributed by atoms with Crippen LogP contribution in [0.15, 0.2) is 42.6 Å². The molecule has 4 rings (SSSR count). The Hall–Kier alpha value is -2.18. The Kier molecular flexibility index (Phi) is 5.55. The molecule has 3 atom stereocenters. The Bertz CT molecular complexity index is 757. The normalized spacial score (nSPS) is 23.3. The molecule has 1 saturated heterocycles. The second-order valence-corrected chi connectivity index (χ2v) is 7.45. The third-order valence-electron chi connectivity index (χ3n) is 5.46. The van der Waals surface area contributed by atoms with Crippen molar-refractivity contribution in [2.24, 2.45) is 5.92 Å². The first-order chi connectivity index (χ1) is 13.3. The molecule has 1 aromatic carbocycles. The van der Waals surface area contributed by atoms with Crippen LogP contribution in [0.4, 0.5) is 0 Å². The smallest absolute Gasteiger partial charge is 0.241 e. The average molecular weight is 368 g/mol. The summed E-state index contributed by atoms with van der Waals surface area (Å²) in [5.74, 6) is 0.393. The van der Waals surface area contributed by atoms with Crippen molar-refractivity contribution in [1.82, 2.24) is 20.4 Å². The zero-order valence-electron chi connectivity index (χ0n) is 15.8. The molecular weight excluding hydrogens is 340 g/mol. The SMILES string of the molecule is CCn1nccc1[C@@H]1OCC[C@H]1CN[C@H](C(=O)NC1CC1)c1ccccc1. The van der Waals surface area contributed by atoms with Crippen molar-refractivity contribution in [3.8, 4) is 0 Å². The lowest BCUT2D eigenvalue weighted by molar-refractivity contribution is -0.123. The van der Waals surface area contributed by atoms with Gasteiger partial charge in [-0.1, -0.05) is 30.3 Å². The zero-order chi connectivity index (χ0) is 18.6. The van der Waals surface area contributed by atoms with E-state index in [-0.39, 0.29) is 18.1 Å². The number of benzene rings is 1. The van der Waals surface area contributed by atoms with Gasteiger partial charge in [0.15, 0.2) is 0 Å². The minimum absolute atomic E-state index is 0.0304. The Morgan fingerprint density at radius 3 is 2.81 bits per heavy atom. The van der Waals surface area contributed by atoms with Gasteiger partial charge >= 0.3 is 0 Å². The maximum Gasteiger partial charge on any atom is 0.241 e. The van der Waals surface area contributed by atoms with E-state index in [1.807, 2.05) is 47.3 Å². The van der Waals surface area contributed by atoms with E-state index in [1.165, 1.54) is 0 Å². The Morgan fingerprint density at radius 2 is 2.07 bits per heavy atom. The van der Waals surface area contributed by atoms with E-state index in [1.54, 1.807) is 0 Å². The fourth-order valence-corrected chi connectivity index (χ4v) is 3.81. The molecule has 0 spiro atoms. The molecule has 144 valence electrons. The van der Waals surface area contributed by atoms with Crippen molar-refractivity contribution < 1.29 is 9.53 Å². The van der Waals surface area contributed by atoms with Gasteiger partial charge in [-0.15, -0.1) is 0 Å². The molecule has 1 amide bonds. The minimum atomic E-state index is -0.330. The van der Waals surface area contributed by atoms with Gasteiger partial charge in [-0.2, -0.15) is 5.10 Å². The van der Waals surface area contributed by atoms with Crippen LogP contribution in [0.2, 0.25) is 0 Å². The highest BCUT2D eigenvalue weighted by Gasteiger charge is 2.34. The van der Waals surface area contributed by atoms with Gasteiger partial charge in [0.05, 0.1) is 5.69 Å². The third kappa shape index (κ3) is 4.22. The molecule has 27 heavy (non-hydrogen) atoms. The number of hydrogen-bond acceptors (Lipinski definition) is 4. The van der Waals surface area contributed by atoms with Crippen LogP contribution < -0.4 is 10.6 Å². The molecule has 2 fully saturated rings. The van der Waals surface area contributed by atoms with Gasteiger partial charge in [0.1, 0.15) is 12.1 Å². The standard InChI is InChI=1S/C21H28N4O2/c1-2-25-18(10-12-23-25)20-16(11-13-27-20)14-22-19(15-6-4-3-5-7-15)21(26)24-17-8-9-17/h3-7,10,12,16-17,19-20,22H,2,8-9,11,13-14H2,1H3,(H,24,26)/t16-,19-,20+/m0/s1. The van der Waals surface area contributed by atoms with Gasteiger partial charge in [-0.3, -0.25) is 9.48 Å². The highest BCUT2D eigenvalue weighted by atomic mass is 16.5. The maximum atomic E-state index is 12.8. The van der Waals surface area contributed by atoms with E-state index in [2.05, 4.69) is 22.7 Å². The minimum Gasteiger partial charge on any atom is -0.372 e. The second kappa shape index (κ2) is 8.23. The molecule has 0 bridgehead atoms. The number of hydrogen-bond donors (Lipinski definition) is 2. The lowest BCUT2D eigenvalue weighted by Crippen LogP contribution is -2.40. The fourth-order valence-electron chi connectivity index (χ4n) is 3.81. The van der Waals surface area contributed by atoms with Crippen molar-refractivity contribution >= 4 is 5.91 Å². The van der Waals surface area contributed by atoms with Gasteiger partial charge in [-0.25, -0.2) is 0 Å². The highest BCUT2D eigenvalue weighted by molar-refractivity contribution is 5.83. The summed E-state index contributed by atoms with van der Waals surface area (Å²) in [6, 6.07) is 12.0. The molecule has 0 unspecified atom stereocenters. The van der Waals surface area contributed by atoms with Gasteiger partial charge in [0.2, 0.25) is 5.91 Å². The topological polar surface area (TPSA) is 68.2 Å². The fraction of sp³-hybridized carbons (Fsp3) is 0.524. The summed E-state index contributed by atoms with van der Waals surface area (Å²) >= 11 is 0. The summed E-state index contributed by atoms with van der Waals surface area (Å²) in [5, 5.41) is 11.0. The van der Waals surface area contributed by atoms with Crippen LogP contribution in [-0.2, 0) is 16.1 Å². The van der Waals surface area contributed by atoms with E-state index in [4.69, 9.17) is 4.74 Å². The molecule has 2 aromatic rings. The molecular formula is C21H28N4O2. The number of carbonyl (C=O) groups excluding carboxylic acids is 1. The second-order valence-electron chi connectivity index (χ2n) is 7.45. The lowest BCUT2D eigenvalue weighted by Gasteiger charge is -2.24. The van der Waals surface area contributed by atoms with E-state index in [0.29, 0.717) is 12.0 Å². The van der Waals surface area contributed by atoms with Crippen LogP contribution in [0.3, 0.4) is 0 Å². The summed E-state index contributed by atoms with van der Waals surface area (Å²) in [4.78, 5) is 12.8. The summed E-state index contributed by atoms with van der Waals surface area (Å²) < 4.78 is 8.02. The van der Waals surface area contributed by atoms with Crippen molar-refractivity contribution in [2.75, 3.05) is 13.2 Å². The molecule has 1 aliphatic carbocycles. The van der Waals surface area contributed by atoms with Crippen LogP contribution in [0.25, 0.3) is 0 Å². The van der Waals surface area contributed by atoms with Gasteiger partial charge in [-0.05, 0) is 37.8 Å². The van der Waals surface area contributed by atoms with Crippen LogP contribution in [-0.4, -0.2) is 34.9 Å². The first-order valence-electron chi connectivity index (χ1n) is 9.98. The molecule has 2 heterocycles. The van der Waals surface area contributed by atoms with Crippen LogP contribution in [0, 0.1) is 5.92 Å². The van der Waals surface area contributed by atoms with Crippen LogP contribution in [0.1, 0.15) is 49.6 Å². The van der Waals surface area contributed by atoms with Crippen molar-refractivity contribution in [1.29, 1.82) is 0 Å². The Morgan fingerprint density at radius 1 is 1.26 bits per heavy atom. The molecule has 6 heteroatoms. The van der Waals surface area contributed by atoms with E-state index < -0.39 is 0 Å². The van der Waals surface area contributed by atoms with Gasteiger partial charge < -0.3 is 15.4 Å². The van der Waals surface area contributed by atoms with Gasteiger partial charge in [0.25, 0.3) is 0 Å². The number of nitrogens with one attached hydrogen (secondary N) is 2. The predicted molar refractivity (Wildman–Crippen MR) is 103 cm³/mol. The largest absolute Gasteiger partial charge is 0.372 e. The molecule has 2 N–H and O–H groups in total. The number of carbonyl (C=O) groups is 1. The van der Waals surface area contributed by atoms with Crippen LogP contribution >= 0.6 is 0 Å². The maximum absolute atomic E-state index is 12.8. The molecule has 1 saturated carbocycles. The molecule has 1 aromatic heterocycles. The third-order valence-corrected chi connectivity index (χ3v) is 5.46. The van der Waals surface area contributed by atoms with E-state index in [9.17, 15) is 4.79 Å². The first kappa shape index (κ1) is 18.2. The lowest BCUT2D eigenvalue weighted by atomic mass is 9.97. The van der Waals surface area contributed by atoms with Crippen LogP contribution in [0.5, 0.6) is 0 Å². The molecule has 0 radical (unpaired) electrons. The number of rotatable bonds is 8. The monoisotopic (exact) mass is 368 g/mol. The highest BCUT2D eigenvalue weighted by Crippen LogP contribution is 2.34. The summed E-state index contributed by atoms with van der Waals surface area (Å²) in [7, 11) is 0. The van der Waals surface area contributed by atoms with E-state index >= 15 is 0 Å². The average Bonchev–Trinajstić information content (AvgIpc) is 3.19. The quantitative estimate of drug-likeness (QED) is 0.752. The number of amides is 1. The Balaban J connectivity index is 1.45. The van der Waals surface area contributed by atoms with Crippen molar-refractivity contribution in [3.63, 3.8) is 0 Å². The Labute approximate surface area is 160 Å². The van der Waals surface area contributed by atoms with E-state index in [0.717, 1.165) is 50.2 Å². The zero-order valence-corrected chi connectivity index (χ0v) is 15.8. The molecule has 2 aliphatic rings. The summed E-state index contributed by atoms with van der Waals surface area (Å²) in [6.07, 6.45) is 5.03.